The van der Waals surface area contributed by atoms with Gasteiger partial charge in [0.05, 0.1) is 0 Å². The summed E-state index contributed by atoms with van der Waals surface area (Å²) in [7, 11) is 0. The quantitative estimate of drug-likeness (QED) is 0.504. The number of aliphatic hydroxyl groups is 1. The molecule has 0 aromatic rings. The monoisotopic (exact) mass is 245 g/mol. The number of carboxylic acids is 1. The summed E-state index contributed by atoms with van der Waals surface area (Å²) < 4.78 is 0. The smallest absolute Gasteiger partial charge is 0.326 e. The van der Waals surface area contributed by atoms with Gasteiger partial charge in [-0.3, -0.25) is 0 Å². The standard InChI is InChI=1S/C10H19N3O4/c11-7-1-4-13(5-2-7)10(17)12-8(3-6-14)9(15)16/h7-8,14H,1-6,11H2,(H,12,17)(H,15,16). The minimum absolute atomic E-state index is 0.00836. The average molecular weight is 245 g/mol. The Morgan fingerprint density at radius 1 is 1.41 bits per heavy atom. The number of aliphatic carboxylic acids is 1. The number of likely N-dealkylation sites (tertiary alicyclic amines) is 1. The number of hydrogen-bond donors (Lipinski definition) is 4. The van der Waals surface area contributed by atoms with Crippen LogP contribution < -0.4 is 11.1 Å². The van der Waals surface area contributed by atoms with Crippen LogP contribution in [0.15, 0.2) is 0 Å². The Kier molecular flexibility index (Phi) is 5.17. The van der Waals surface area contributed by atoms with Crippen molar-refractivity contribution in [2.75, 3.05) is 19.7 Å². The minimum Gasteiger partial charge on any atom is -0.480 e. The van der Waals surface area contributed by atoms with Crippen molar-refractivity contribution in [1.82, 2.24) is 10.2 Å². The summed E-state index contributed by atoms with van der Waals surface area (Å²) in [5.41, 5.74) is 5.71. The number of nitrogens with two attached hydrogens (primary N) is 1. The predicted molar refractivity (Wildman–Crippen MR) is 60.4 cm³/mol. The number of aliphatic hydroxyl groups excluding tert-OH is 1. The fraction of sp³-hybridized carbons (Fsp3) is 0.800. The lowest BCUT2D eigenvalue weighted by molar-refractivity contribution is -0.139. The molecule has 7 nitrogen and oxygen atoms in total. The Morgan fingerprint density at radius 2 is 2.00 bits per heavy atom. The molecule has 0 aromatic carbocycles. The second-order valence-corrected chi connectivity index (χ2v) is 4.18. The molecule has 98 valence electrons. The van der Waals surface area contributed by atoms with E-state index < -0.39 is 18.0 Å². The maximum absolute atomic E-state index is 11.7. The maximum Gasteiger partial charge on any atom is 0.326 e. The van der Waals surface area contributed by atoms with Gasteiger partial charge < -0.3 is 26.2 Å². The lowest BCUT2D eigenvalue weighted by atomic mass is 10.1. The predicted octanol–water partition coefficient (Wildman–Crippen LogP) is -1.05. The molecule has 0 aromatic heterocycles. The number of nitrogens with one attached hydrogen (secondary N) is 1. The van der Waals surface area contributed by atoms with Gasteiger partial charge in [0, 0.05) is 32.2 Å². The molecule has 0 radical (unpaired) electrons. The first-order chi connectivity index (χ1) is 8.04. The Hall–Kier alpha value is -1.34. The first kappa shape index (κ1) is 13.7. The molecule has 1 heterocycles. The van der Waals surface area contributed by atoms with Gasteiger partial charge in [-0.15, -0.1) is 0 Å². The molecular formula is C10H19N3O4. The van der Waals surface area contributed by atoms with Crippen LogP contribution in [0, 0.1) is 0 Å². The zero-order valence-corrected chi connectivity index (χ0v) is 9.63. The topological polar surface area (TPSA) is 116 Å². The number of carbonyl (C=O) groups excluding carboxylic acids is 1. The van der Waals surface area contributed by atoms with Crippen LogP contribution in [0.25, 0.3) is 0 Å². The highest BCUT2D eigenvalue weighted by Gasteiger charge is 2.25. The maximum atomic E-state index is 11.7. The van der Waals surface area contributed by atoms with Crippen molar-refractivity contribution >= 4 is 12.0 Å². The molecule has 1 aliphatic heterocycles. The third-order valence-corrected chi connectivity index (χ3v) is 2.84. The van der Waals surface area contributed by atoms with Gasteiger partial charge in [0.25, 0.3) is 0 Å². The van der Waals surface area contributed by atoms with Gasteiger partial charge in [-0.25, -0.2) is 9.59 Å². The van der Waals surface area contributed by atoms with Crippen molar-refractivity contribution in [3.05, 3.63) is 0 Å². The lowest BCUT2D eigenvalue weighted by Gasteiger charge is -2.31. The largest absolute Gasteiger partial charge is 0.480 e. The summed E-state index contributed by atoms with van der Waals surface area (Å²) in [5.74, 6) is -1.14. The van der Waals surface area contributed by atoms with E-state index in [1.54, 1.807) is 4.90 Å². The number of urea groups is 1. The van der Waals surface area contributed by atoms with Gasteiger partial charge in [0.2, 0.25) is 0 Å². The Bertz CT molecular complexity index is 277. The fourth-order valence-electron chi connectivity index (χ4n) is 1.73. The molecule has 1 aliphatic rings. The summed E-state index contributed by atoms with van der Waals surface area (Å²) in [5, 5.41) is 19.9. The molecular weight excluding hydrogens is 226 g/mol. The molecule has 2 amide bonds. The fourth-order valence-corrected chi connectivity index (χ4v) is 1.73. The van der Waals surface area contributed by atoms with Crippen LogP contribution in [0.2, 0.25) is 0 Å². The van der Waals surface area contributed by atoms with Crippen LogP contribution in [-0.2, 0) is 4.79 Å². The summed E-state index contributed by atoms with van der Waals surface area (Å²) >= 11 is 0. The Morgan fingerprint density at radius 3 is 2.47 bits per heavy atom. The van der Waals surface area contributed by atoms with Crippen LogP contribution in [0.1, 0.15) is 19.3 Å². The number of hydrogen-bond acceptors (Lipinski definition) is 4. The van der Waals surface area contributed by atoms with Crippen LogP contribution in [0.4, 0.5) is 4.79 Å². The van der Waals surface area contributed by atoms with Crippen molar-refractivity contribution < 1.29 is 19.8 Å². The van der Waals surface area contributed by atoms with Crippen molar-refractivity contribution in [2.45, 2.75) is 31.3 Å². The first-order valence-corrected chi connectivity index (χ1v) is 5.69. The van der Waals surface area contributed by atoms with E-state index in [1.165, 1.54) is 0 Å². The van der Waals surface area contributed by atoms with Crippen LogP contribution >= 0.6 is 0 Å². The van der Waals surface area contributed by atoms with E-state index in [0.29, 0.717) is 13.1 Å². The summed E-state index contributed by atoms with van der Waals surface area (Å²) in [6.07, 6.45) is 1.46. The highest BCUT2D eigenvalue weighted by Crippen LogP contribution is 2.08. The third-order valence-electron chi connectivity index (χ3n) is 2.84. The van der Waals surface area contributed by atoms with Crippen molar-refractivity contribution in [3.8, 4) is 0 Å². The van der Waals surface area contributed by atoms with Crippen molar-refractivity contribution in [1.29, 1.82) is 0 Å². The Labute approximate surface area is 99.6 Å². The minimum atomic E-state index is -1.14. The molecule has 1 saturated heterocycles. The van der Waals surface area contributed by atoms with E-state index in [9.17, 15) is 9.59 Å². The van der Waals surface area contributed by atoms with E-state index in [4.69, 9.17) is 15.9 Å². The molecule has 7 heteroatoms. The highest BCUT2D eigenvalue weighted by atomic mass is 16.4. The van der Waals surface area contributed by atoms with Crippen LogP contribution in [-0.4, -0.2) is 58.9 Å². The normalized spacial score (nSPS) is 18.8. The molecule has 1 unspecified atom stereocenters. The van der Waals surface area contributed by atoms with Crippen LogP contribution in [0.3, 0.4) is 0 Å². The van der Waals surface area contributed by atoms with E-state index in [2.05, 4.69) is 5.32 Å². The van der Waals surface area contributed by atoms with Crippen molar-refractivity contribution in [3.63, 3.8) is 0 Å². The van der Waals surface area contributed by atoms with E-state index >= 15 is 0 Å². The molecule has 1 atom stereocenters. The summed E-state index contributed by atoms with van der Waals surface area (Å²) in [6.45, 7) is 0.805. The second kappa shape index (κ2) is 6.41. The van der Waals surface area contributed by atoms with Crippen molar-refractivity contribution in [2.24, 2.45) is 5.73 Å². The zero-order chi connectivity index (χ0) is 12.8. The summed E-state index contributed by atoms with van der Waals surface area (Å²) in [4.78, 5) is 24.1. The summed E-state index contributed by atoms with van der Waals surface area (Å²) in [6, 6.07) is -1.33. The number of piperidine rings is 1. The molecule has 17 heavy (non-hydrogen) atoms. The molecule has 0 bridgehead atoms. The van der Waals surface area contributed by atoms with Gasteiger partial charge in [-0.2, -0.15) is 0 Å². The van der Waals surface area contributed by atoms with E-state index in [1.807, 2.05) is 0 Å². The number of carbonyl (C=O) groups is 2. The van der Waals surface area contributed by atoms with Gasteiger partial charge in [-0.05, 0) is 12.8 Å². The number of nitrogens with zero attached hydrogens (tertiary/aromatic N) is 1. The number of amides is 2. The zero-order valence-electron chi connectivity index (χ0n) is 9.63. The molecule has 0 spiro atoms. The average Bonchev–Trinajstić information content (AvgIpc) is 2.29. The van der Waals surface area contributed by atoms with Gasteiger partial charge in [-0.1, -0.05) is 0 Å². The van der Waals surface area contributed by atoms with E-state index in [-0.39, 0.29) is 19.1 Å². The SMILES string of the molecule is NC1CCN(C(=O)NC(CCO)C(=O)O)CC1. The molecule has 5 N–H and O–H groups in total. The lowest BCUT2D eigenvalue weighted by Crippen LogP contribution is -2.51. The first-order valence-electron chi connectivity index (χ1n) is 5.69. The molecule has 0 saturated carbocycles. The molecule has 1 fully saturated rings. The second-order valence-electron chi connectivity index (χ2n) is 4.18. The van der Waals surface area contributed by atoms with Crippen LogP contribution in [0.5, 0.6) is 0 Å². The van der Waals surface area contributed by atoms with Gasteiger partial charge in [0.15, 0.2) is 0 Å². The van der Waals surface area contributed by atoms with Gasteiger partial charge in [0.1, 0.15) is 6.04 Å². The molecule has 0 aliphatic carbocycles. The number of carboxylic acid groups (broad SMARTS) is 1. The Balaban J connectivity index is 2.44. The third kappa shape index (κ3) is 4.20. The molecule has 1 rings (SSSR count). The van der Waals surface area contributed by atoms with E-state index in [0.717, 1.165) is 12.8 Å². The highest BCUT2D eigenvalue weighted by molar-refractivity contribution is 5.82. The van der Waals surface area contributed by atoms with Gasteiger partial charge >= 0.3 is 12.0 Å². The number of rotatable bonds is 4.